The number of aromatic nitrogens is 6. The fourth-order valence-electron chi connectivity index (χ4n) is 3.89. The minimum absolute atomic E-state index is 0.0650. The molecule has 1 aliphatic rings. The molecule has 4 aromatic rings. The summed E-state index contributed by atoms with van der Waals surface area (Å²) >= 11 is 0. The number of rotatable bonds is 4. The molecule has 1 aliphatic heterocycles. The van der Waals surface area contributed by atoms with Gasteiger partial charge in [0.15, 0.2) is 5.65 Å². The van der Waals surface area contributed by atoms with E-state index >= 15 is 0 Å². The molecule has 1 unspecified atom stereocenters. The Labute approximate surface area is 180 Å². The van der Waals surface area contributed by atoms with Gasteiger partial charge >= 0.3 is 0 Å². The van der Waals surface area contributed by atoms with Crippen LogP contribution >= 0.6 is 0 Å². The van der Waals surface area contributed by atoms with Gasteiger partial charge in [-0.25, -0.2) is 19.9 Å². The highest BCUT2D eigenvalue weighted by atomic mass is 16.5. The zero-order valence-electron chi connectivity index (χ0n) is 17.6. The van der Waals surface area contributed by atoms with Crippen LogP contribution in [-0.2, 0) is 4.74 Å². The van der Waals surface area contributed by atoms with E-state index in [-0.39, 0.29) is 12.0 Å². The third-order valence-corrected chi connectivity index (χ3v) is 5.66. The lowest BCUT2D eigenvalue weighted by Crippen LogP contribution is -2.37. The van der Waals surface area contributed by atoms with Gasteiger partial charge in [0, 0.05) is 24.8 Å². The summed E-state index contributed by atoms with van der Waals surface area (Å²) in [5, 5.41) is 0. The number of benzene rings is 1. The molecule has 9 heteroatoms. The Balaban J connectivity index is 1.71. The molecule has 31 heavy (non-hydrogen) atoms. The molecule has 158 valence electrons. The average molecular weight is 416 g/mol. The molecule has 0 aliphatic carbocycles. The quantitative estimate of drug-likeness (QED) is 0.541. The van der Waals surface area contributed by atoms with E-state index in [9.17, 15) is 0 Å². The number of aryl methyl sites for hydroxylation is 1. The van der Waals surface area contributed by atoms with Gasteiger partial charge in [-0.15, -0.1) is 0 Å². The van der Waals surface area contributed by atoms with E-state index in [0.717, 1.165) is 35.5 Å². The van der Waals surface area contributed by atoms with Crippen molar-refractivity contribution in [3.63, 3.8) is 0 Å². The summed E-state index contributed by atoms with van der Waals surface area (Å²) in [6.45, 7) is 6.83. The number of nitrogens with two attached hydrogens (primary N) is 1. The van der Waals surface area contributed by atoms with E-state index in [1.54, 1.807) is 6.20 Å². The Bertz CT molecular complexity index is 1220. The van der Waals surface area contributed by atoms with Gasteiger partial charge in [-0.05, 0) is 19.4 Å². The maximum absolute atomic E-state index is 5.78. The van der Waals surface area contributed by atoms with Crippen LogP contribution in [0.25, 0.3) is 22.4 Å². The molecule has 0 amide bonds. The smallest absolute Gasteiger partial charge is 0.228 e. The van der Waals surface area contributed by atoms with Crippen LogP contribution in [0.3, 0.4) is 0 Å². The molecular formula is C22H24N8O. The van der Waals surface area contributed by atoms with Gasteiger partial charge in [0.25, 0.3) is 0 Å². The lowest BCUT2D eigenvalue weighted by Gasteiger charge is -2.27. The molecule has 2 N–H and O–H groups in total. The fourth-order valence-corrected chi connectivity index (χ4v) is 3.89. The average Bonchev–Trinajstić information content (AvgIpc) is 3.23. The first-order valence-electron chi connectivity index (χ1n) is 10.3. The molecule has 1 aromatic carbocycles. The van der Waals surface area contributed by atoms with Crippen molar-refractivity contribution in [2.75, 3.05) is 36.9 Å². The zero-order valence-corrected chi connectivity index (χ0v) is 17.6. The van der Waals surface area contributed by atoms with E-state index < -0.39 is 0 Å². The van der Waals surface area contributed by atoms with E-state index in [0.29, 0.717) is 24.9 Å². The highest BCUT2D eigenvalue weighted by Gasteiger charge is 2.23. The highest BCUT2D eigenvalue weighted by molar-refractivity contribution is 5.89. The minimum atomic E-state index is 0.0650. The number of hydrogen-bond donors (Lipinski definition) is 1. The monoisotopic (exact) mass is 416 g/mol. The summed E-state index contributed by atoms with van der Waals surface area (Å²) in [5.41, 5.74) is 10.7. The van der Waals surface area contributed by atoms with Crippen LogP contribution in [0.5, 0.6) is 0 Å². The highest BCUT2D eigenvalue weighted by Crippen LogP contribution is 2.31. The number of morpholine rings is 1. The molecule has 1 saturated heterocycles. The number of ether oxygens (including phenoxy) is 1. The Morgan fingerprint density at radius 3 is 2.55 bits per heavy atom. The van der Waals surface area contributed by atoms with Gasteiger partial charge < -0.3 is 19.9 Å². The fraction of sp³-hybridized carbons (Fsp3) is 0.318. The van der Waals surface area contributed by atoms with Gasteiger partial charge in [0.1, 0.15) is 11.2 Å². The summed E-state index contributed by atoms with van der Waals surface area (Å²) < 4.78 is 7.60. The number of imidazole rings is 1. The van der Waals surface area contributed by atoms with Gasteiger partial charge in [-0.2, -0.15) is 4.98 Å². The van der Waals surface area contributed by atoms with Crippen LogP contribution in [0.2, 0.25) is 0 Å². The second-order valence-electron chi connectivity index (χ2n) is 7.61. The van der Waals surface area contributed by atoms with Crippen LogP contribution in [0.1, 0.15) is 24.2 Å². The summed E-state index contributed by atoms with van der Waals surface area (Å²) in [4.78, 5) is 25.2. The normalized spacial score (nSPS) is 15.4. The predicted molar refractivity (Wildman–Crippen MR) is 119 cm³/mol. The number of nitrogens with zero attached hydrogens (tertiary/aromatic N) is 7. The first-order valence-corrected chi connectivity index (χ1v) is 10.3. The van der Waals surface area contributed by atoms with Crippen molar-refractivity contribution in [1.82, 2.24) is 29.5 Å². The first-order chi connectivity index (χ1) is 15.1. The minimum Gasteiger partial charge on any atom is -0.378 e. The molecule has 0 bridgehead atoms. The maximum atomic E-state index is 5.78. The van der Waals surface area contributed by atoms with Crippen LogP contribution in [0.15, 0.2) is 42.9 Å². The molecule has 1 atom stereocenters. The third kappa shape index (κ3) is 3.57. The topological polar surface area (TPSA) is 108 Å². The second-order valence-corrected chi connectivity index (χ2v) is 7.61. The Morgan fingerprint density at radius 1 is 1.03 bits per heavy atom. The van der Waals surface area contributed by atoms with Gasteiger partial charge in [0.2, 0.25) is 11.9 Å². The molecule has 3 aromatic heterocycles. The molecular weight excluding hydrogens is 392 g/mol. The van der Waals surface area contributed by atoms with Crippen molar-refractivity contribution in [1.29, 1.82) is 0 Å². The Kier molecular flexibility index (Phi) is 4.95. The largest absolute Gasteiger partial charge is 0.378 e. The number of hydrogen-bond acceptors (Lipinski definition) is 8. The summed E-state index contributed by atoms with van der Waals surface area (Å²) in [6.07, 6.45) is 3.54. The van der Waals surface area contributed by atoms with Gasteiger partial charge in [0.05, 0.1) is 31.3 Å². The maximum Gasteiger partial charge on any atom is 0.228 e. The van der Waals surface area contributed by atoms with Crippen LogP contribution in [0, 0.1) is 6.92 Å². The molecule has 1 fully saturated rings. The molecule has 9 nitrogen and oxygen atoms in total. The zero-order chi connectivity index (χ0) is 21.4. The number of anilines is 2. The molecule has 5 rings (SSSR count). The van der Waals surface area contributed by atoms with Crippen LogP contribution < -0.4 is 10.6 Å². The lowest BCUT2D eigenvalue weighted by atomic mass is 10.1. The molecule has 0 spiro atoms. The Morgan fingerprint density at radius 2 is 1.81 bits per heavy atom. The second kappa shape index (κ2) is 7.92. The Hall–Kier alpha value is -3.59. The molecule has 0 saturated carbocycles. The first kappa shape index (κ1) is 19.4. The van der Waals surface area contributed by atoms with Gasteiger partial charge in [-0.1, -0.05) is 30.3 Å². The van der Waals surface area contributed by atoms with Crippen molar-refractivity contribution in [3.05, 3.63) is 54.1 Å². The van der Waals surface area contributed by atoms with Crippen LogP contribution in [0.4, 0.5) is 11.9 Å². The van der Waals surface area contributed by atoms with E-state index in [1.807, 2.05) is 31.5 Å². The van der Waals surface area contributed by atoms with Crippen molar-refractivity contribution >= 4 is 23.1 Å². The van der Waals surface area contributed by atoms with Gasteiger partial charge in [-0.3, -0.25) is 0 Å². The number of fused-ring (bicyclic) bond motifs is 1. The number of nitrogen functional groups attached to an aromatic ring is 1. The SMILES string of the molecule is Cc1nc(N)ncc1-c1nc(N2CCOCC2)nc2c1ncn2C(C)c1ccccc1. The van der Waals surface area contributed by atoms with E-state index in [1.165, 1.54) is 5.56 Å². The van der Waals surface area contributed by atoms with E-state index in [4.69, 9.17) is 25.4 Å². The van der Waals surface area contributed by atoms with E-state index in [2.05, 4.69) is 38.5 Å². The molecule has 4 heterocycles. The predicted octanol–water partition coefficient (Wildman–Crippen LogP) is 2.62. The van der Waals surface area contributed by atoms with Crippen LogP contribution in [-0.4, -0.2) is 55.8 Å². The van der Waals surface area contributed by atoms with Crippen molar-refractivity contribution in [2.45, 2.75) is 19.9 Å². The molecule has 0 radical (unpaired) electrons. The standard InChI is InChI=1S/C22H24N8O/c1-14-17(12-24-21(23)26-14)18-19-20(28-22(27-18)29-8-10-31-11-9-29)30(13-25-19)15(2)16-6-4-3-5-7-16/h3-7,12-13,15H,8-11H2,1-2H3,(H2,23,24,26). The van der Waals surface area contributed by atoms with Crippen molar-refractivity contribution in [3.8, 4) is 11.3 Å². The third-order valence-electron chi connectivity index (χ3n) is 5.66. The summed E-state index contributed by atoms with van der Waals surface area (Å²) in [5.74, 6) is 0.896. The summed E-state index contributed by atoms with van der Waals surface area (Å²) in [6, 6.07) is 10.4. The van der Waals surface area contributed by atoms with Crippen molar-refractivity contribution < 1.29 is 4.74 Å². The summed E-state index contributed by atoms with van der Waals surface area (Å²) in [7, 11) is 0. The van der Waals surface area contributed by atoms with Crippen molar-refractivity contribution in [2.24, 2.45) is 0 Å². The lowest BCUT2D eigenvalue weighted by molar-refractivity contribution is 0.122.